The third kappa shape index (κ3) is 50.6. The average Bonchev–Trinajstić information content (AvgIpc) is 3.08. The van der Waals surface area contributed by atoms with E-state index in [0.717, 1.165) is 39.1 Å². The van der Waals surface area contributed by atoms with Gasteiger partial charge < -0.3 is 60.5 Å². The SMILES string of the molecule is CC(=O)[O-].CC(=O)[O-].CC(=O)[O-].CC(=O)[O-].CCO.CCO.Cc1ccc(NC(=O)c2cccnc2)cc1.Cc1ccc(NC(=O)c2cccnc2)cc1.[Cu+2].[Cu+2]. The molecule has 2 amide bonds. The fourth-order valence-corrected chi connectivity index (χ4v) is 2.67. The second-order valence-electron chi connectivity index (χ2n) is 9.72. The molecule has 314 valence electrons. The van der Waals surface area contributed by atoms with Gasteiger partial charge in [-0.2, -0.15) is 0 Å². The average molecular weight is 880 g/mol. The molecule has 0 spiro atoms. The number of nitrogens with one attached hydrogen (secondary N) is 2. The van der Waals surface area contributed by atoms with E-state index in [9.17, 15) is 9.59 Å². The summed E-state index contributed by atoms with van der Waals surface area (Å²) in [6.45, 7) is 11.8. The molecule has 56 heavy (non-hydrogen) atoms. The van der Waals surface area contributed by atoms with Crippen molar-refractivity contribution in [3.05, 3.63) is 120 Å². The molecular weight excluding hydrogens is 832 g/mol. The van der Waals surface area contributed by atoms with Gasteiger partial charge in [0.15, 0.2) is 0 Å². The summed E-state index contributed by atoms with van der Waals surface area (Å²) in [6, 6.07) is 22.3. The fourth-order valence-electron chi connectivity index (χ4n) is 2.67. The minimum absolute atomic E-state index is 0. The minimum Gasteiger partial charge on any atom is -0.550 e. The predicted octanol–water partition coefficient (Wildman–Crippen LogP) is 0.302. The van der Waals surface area contributed by atoms with Crippen molar-refractivity contribution >= 4 is 47.1 Å². The Morgan fingerprint density at radius 1 is 0.518 bits per heavy atom. The number of hydrogen-bond donors (Lipinski definition) is 4. The molecule has 0 aliphatic carbocycles. The maximum absolute atomic E-state index is 11.7. The van der Waals surface area contributed by atoms with Crippen molar-refractivity contribution < 1.29 is 93.5 Å². The zero-order valence-electron chi connectivity index (χ0n) is 32.1. The van der Waals surface area contributed by atoms with Gasteiger partial charge in [-0.3, -0.25) is 19.6 Å². The van der Waals surface area contributed by atoms with E-state index in [1.54, 1.807) is 62.9 Å². The van der Waals surface area contributed by atoms with Gasteiger partial charge in [0.05, 0.1) is 11.1 Å². The molecule has 4 N–H and O–H groups in total. The Kier molecular flexibility index (Phi) is 47.2. The van der Waals surface area contributed by atoms with E-state index in [1.165, 1.54) is 11.1 Å². The van der Waals surface area contributed by atoms with Crippen molar-refractivity contribution in [1.29, 1.82) is 0 Å². The van der Waals surface area contributed by atoms with Gasteiger partial charge in [0.25, 0.3) is 11.8 Å². The Morgan fingerprint density at radius 2 is 0.732 bits per heavy atom. The number of rotatable bonds is 4. The Morgan fingerprint density at radius 3 is 0.911 bits per heavy atom. The predicted molar refractivity (Wildman–Crippen MR) is 195 cm³/mol. The molecule has 2 aromatic heterocycles. The van der Waals surface area contributed by atoms with Crippen LogP contribution in [0.2, 0.25) is 0 Å². The van der Waals surface area contributed by atoms with E-state index in [1.807, 2.05) is 62.4 Å². The molecule has 0 atom stereocenters. The largest absolute Gasteiger partial charge is 2.00 e. The maximum atomic E-state index is 11.7. The first kappa shape index (κ1) is 62.5. The van der Waals surface area contributed by atoms with Crippen molar-refractivity contribution in [3.63, 3.8) is 0 Å². The second kappa shape index (κ2) is 42.3. The molecule has 4 rings (SSSR count). The number of benzene rings is 2. The van der Waals surface area contributed by atoms with Gasteiger partial charge in [-0.05, 0) is 104 Å². The van der Waals surface area contributed by atoms with Crippen LogP contribution in [0.3, 0.4) is 0 Å². The number of aliphatic hydroxyl groups excluding tert-OH is 2. The van der Waals surface area contributed by atoms with Gasteiger partial charge in [0.2, 0.25) is 0 Å². The van der Waals surface area contributed by atoms with E-state index >= 15 is 0 Å². The van der Waals surface area contributed by atoms with Crippen LogP contribution in [0.4, 0.5) is 11.4 Å². The topological polar surface area (TPSA) is 285 Å². The Bertz CT molecular complexity index is 1440. The molecule has 0 unspecified atom stereocenters. The number of carboxylic acids is 4. The number of carbonyl (C=O) groups is 6. The number of pyridine rings is 2. The minimum atomic E-state index is -1.08. The number of anilines is 2. The third-order valence-electron chi connectivity index (χ3n) is 4.47. The van der Waals surface area contributed by atoms with Crippen molar-refractivity contribution in [2.45, 2.75) is 55.4 Å². The van der Waals surface area contributed by atoms with Gasteiger partial charge in [0, 0.05) is 73.3 Å². The molecular formula is C38H48Cu2N4O12. The van der Waals surface area contributed by atoms with Crippen LogP contribution in [0.5, 0.6) is 0 Å². The summed E-state index contributed by atoms with van der Waals surface area (Å²) in [6.07, 6.45) is 6.37. The Hall–Kier alpha value is -5.48. The molecule has 0 saturated heterocycles. The number of aromatic nitrogens is 2. The standard InChI is InChI=1S/2C13H12N2O.4C2H4O2.2C2H6O.2Cu/c2*1-10-4-6-12(7-5-10)15-13(16)11-3-2-8-14-9-11;4*1-2(3)4;2*1-2-3;;/h2*2-9H,1H3,(H,15,16);4*1H3,(H,3,4);2*3H,2H2,1H3;;/q;;;;;;;;2*+2/p-4. The van der Waals surface area contributed by atoms with Crippen molar-refractivity contribution in [2.24, 2.45) is 0 Å². The number of hydrogen-bond acceptors (Lipinski definition) is 14. The number of aryl methyl sites for hydroxylation is 2. The van der Waals surface area contributed by atoms with Crippen LogP contribution in [-0.4, -0.2) is 69.1 Å². The molecule has 0 fully saturated rings. The van der Waals surface area contributed by atoms with Gasteiger partial charge in [-0.25, -0.2) is 0 Å². The molecule has 2 heterocycles. The zero-order chi connectivity index (χ0) is 42.5. The van der Waals surface area contributed by atoms with Crippen LogP contribution in [0.1, 0.15) is 73.4 Å². The normalized spacial score (nSPS) is 8.04. The summed E-state index contributed by atoms with van der Waals surface area (Å²) >= 11 is 0. The Balaban J connectivity index is -0.000000145. The monoisotopic (exact) mass is 878 g/mol. The van der Waals surface area contributed by atoms with Crippen LogP contribution >= 0.6 is 0 Å². The molecule has 2 radical (unpaired) electrons. The number of carbonyl (C=O) groups excluding carboxylic acids is 6. The first-order chi connectivity index (χ1) is 25.3. The Labute approximate surface area is 348 Å². The van der Waals surface area contributed by atoms with E-state index in [0.29, 0.717) is 11.1 Å². The summed E-state index contributed by atoms with van der Waals surface area (Å²) < 4.78 is 0. The third-order valence-corrected chi connectivity index (χ3v) is 4.47. The summed E-state index contributed by atoms with van der Waals surface area (Å²) in [5.74, 6) is -4.62. The molecule has 0 aliphatic rings. The van der Waals surface area contributed by atoms with E-state index in [-0.39, 0.29) is 59.2 Å². The molecule has 16 nitrogen and oxygen atoms in total. The van der Waals surface area contributed by atoms with Crippen LogP contribution < -0.4 is 31.1 Å². The second-order valence-corrected chi connectivity index (χ2v) is 9.72. The molecule has 4 aromatic rings. The quantitative estimate of drug-likeness (QED) is 0.201. The molecule has 0 aliphatic heterocycles. The summed E-state index contributed by atoms with van der Waals surface area (Å²) in [5, 5.41) is 56.3. The summed E-state index contributed by atoms with van der Waals surface area (Å²) in [7, 11) is 0. The number of nitrogens with zero attached hydrogens (tertiary/aromatic N) is 2. The molecule has 18 heteroatoms. The van der Waals surface area contributed by atoms with Gasteiger partial charge in [-0.15, -0.1) is 0 Å². The van der Waals surface area contributed by atoms with E-state index in [4.69, 9.17) is 49.8 Å². The van der Waals surface area contributed by atoms with E-state index in [2.05, 4.69) is 20.6 Å². The number of aliphatic carboxylic acids is 4. The van der Waals surface area contributed by atoms with Crippen molar-refractivity contribution in [3.8, 4) is 0 Å². The van der Waals surface area contributed by atoms with Gasteiger partial charge in [-0.1, -0.05) is 35.4 Å². The molecule has 2 aromatic carbocycles. The summed E-state index contributed by atoms with van der Waals surface area (Å²) in [5.41, 5.74) is 5.03. The molecule has 0 saturated carbocycles. The zero-order valence-corrected chi connectivity index (χ0v) is 34.0. The first-order valence-electron chi connectivity index (χ1n) is 15.8. The van der Waals surface area contributed by atoms with Crippen molar-refractivity contribution in [1.82, 2.24) is 9.97 Å². The van der Waals surface area contributed by atoms with Crippen LogP contribution in [-0.2, 0) is 53.3 Å². The first-order valence-corrected chi connectivity index (χ1v) is 15.8. The van der Waals surface area contributed by atoms with Crippen molar-refractivity contribution in [2.75, 3.05) is 23.8 Å². The van der Waals surface area contributed by atoms with Gasteiger partial charge >= 0.3 is 34.1 Å². The van der Waals surface area contributed by atoms with E-state index < -0.39 is 23.9 Å². The van der Waals surface area contributed by atoms with Gasteiger partial charge in [0.1, 0.15) is 0 Å². The summed E-state index contributed by atoms with van der Waals surface area (Å²) in [4.78, 5) is 66.9. The molecule has 0 bridgehead atoms. The smallest absolute Gasteiger partial charge is 0.550 e. The number of amides is 2. The van der Waals surface area contributed by atoms with Crippen LogP contribution in [0.25, 0.3) is 0 Å². The van der Waals surface area contributed by atoms with Crippen LogP contribution in [0, 0.1) is 13.8 Å². The van der Waals surface area contributed by atoms with Crippen LogP contribution in [0.15, 0.2) is 97.6 Å². The number of carboxylic acid groups (broad SMARTS) is 4. The maximum Gasteiger partial charge on any atom is 2.00 e. The number of aliphatic hydroxyl groups is 2. The fraction of sp³-hybridized carbons (Fsp3) is 0.263.